The van der Waals surface area contributed by atoms with Crippen LogP contribution in [0.1, 0.15) is 15.4 Å². The number of fused-ring (bicyclic) bond motifs is 1. The largest absolute Gasteiger partial charge is 0.375 e. The third-order valence-corrected chi connectivity index (χ3v) is 5.13. The summed E-state index contributed by atoms with van der Waals surface area (Å²) in [4.78, 5) is 9.60. The zero-order valence-corrected chi connectivity index (χ0v) is 12.3. The van der Waals surface area contributed by atoms with Gasteiger partial charge in [-0.3, -0.25) is 4.90 Å². The van der Waals surface area contributed by atoms with Crippen LogP contribution in [0.4, 0.5) is 5.13 Å². The van der Waals surface area contributed by atoms with Crippen LogP contribution in [0, 0.1) is 0 Å². The lowest BCUT2D eigenvalue weighted by Crippen LogP contribution is -2.26. The summed E-state index contributed by atoms with van der Waals surface area (Å²) in [7, 11) is 0. The molecule has 2 aromatic heterocycles. The van der Waals surface area contributed by atoms with Crippen molar-refractivity contribution in [2.75, 3.05) is 25.4 Å². The molecule has 2 N–H and O–H groups in total. The molecule has 0 aliphatic carbocycles. The molecule has 3 nitrogen and oxygen atoms in total. The van der Waals surface area contributed by atoms with Gasteiger partial charge in [0.25, 0.3) is 0 Å². The highest BCUT2D eigenvalue weighted by molar-refractivity contribution is 7.15. The van der Waals surface area contributed by atoms with Gasteiger partial charge >= 0.3 is 0 Å². The fourth-order valence-corrected chi connectivity index (χ4v) is 3.83. The normalized spacial score (nSPS) is 16.6. The first kappa shape index (κ1) is 12.8. The Balaban J connectivity index is 1.56. The second-order valence-electron chi connectivity index (χ2n) is 4.64. The number of aromatic nitrogens is 1. The minimum absolute atomic E-state index is 0.719. The monoisotopic (exact) mass is 291 g/mol. The predicted octanol–water partition coefficient (Wildman–Crippen LogP) is 2.90. The number of hydrogen-bond donors (Lipinski definition) is 1. The van der Waals surface area contributed by atoms with Crippen LogP contribution in [0.3, 0.4) is 0 Å². The molecule has 3 rings (SSSR count). The van der Waals surface area contributed by atoms with Gasteiger partial charge in [0, 0.05) is 35.8 Å². The smallest absolute Gasteiger partial charge is 0.180 e. The maximum absolute atomic E-state index is 5.76. The number of nitrogens with zero attached hydrogens (tertiary/aromatic N) is 2. The average molecular weight is 291 g/mol. The van der Waals surface area contributed by atoms with Gasteiger partial charge in [0.1, 0.15) is 0 Å². The maximum Gasteiger partial charge on any atom is 0.180 e. The summed E-state index contributed by atoms with van der Waals surface area (Å²) in [6, 6.07) is 4.23. The van der Waals surface area contributed by atoms with Crippen LogP contribution in [-0.2, 0) is 12.8 Å². The molecule has 1 aliphatic heterocycles. The molecule has 2 aromatic rings. The maximum atomic E-state index is 5.76. The number of hydrogen-bond acceptors (Lipinski definition) is 5. The molecule has 0 radical (unpaired) electrons. The van der Waals surface area contributed by atoms with Gasteiger partial charge < -0.3 is 5.73 Å². The van der Waals surface area contributed by atoms with Crippen molar-refractivity contribution in [2.45, 2.75) is 12.8 Å². The van der Waals surface area contributed by atoms with Crippen molar-refractivity contribution in [3.05, 3.63) is 39.0 Å². The first-order valence-corrected chi connectivity index (χ1v) is 8.17. The lowest BCUT2D eigenvalue weighted by molar-refractivity contribution is 0.318. The van der Waals surface area contributed by atoms with E-state index in [1.807, 2.05) is 0 Å². The van der Waals surface area contributed by atoms with E-state index in [1.165, 1.54) is 15.4 Å². The number of thiazole rings is 1. The van der Waals surface area contributed by atoms with E-state index < -0.39 is 0 Å². The van der Waals surface area contributed by atoms with Crippen LogP contribution in [0.15, 0.2) is 23.6 Å². The van der Waals surface area contributed by atoms with Crippen LogP contribution < -0.4 is 5.73 Å². The van der Waals surface area contributed by atoms with Gasteiger partial charge in [-0.05, 0) is 23.9 Å². The number of rotatable bonds is 3. The van der Waals surface area contributed by atoms with E-state index in [9.17, 15) is 0 Å². The number of thiophene rings is 1. The van der Waals surface area contributed by atoms with Crippen molar-refractivity contribution < 1.29 is 0 Å². The molecule has 19 heavy (non-hydrogen) atoms. The Morgan fingerprint density at radius 3 is 3.11 bits per heavy atom. The molecular formula is C14H17N3S2. The SMILES string of the molecule is Nc1nc2c(s1)CCN(C/C=C/c1cccs1)CC2. The van der Waals surface area contributed by atoms with Crippen LogP contribution >= 0.6 is 22.7 Å². The lowest BCUT2D eigenvalue weighted by atomic mass is 10.2. The summed E-state index contributed by atoms with van der Waals surface area (Å²) in [5.41, 5.74) is 6.98. The molecule has 0 bridgehead atoms. The highest BCUT2D eigenvalue weighted by Crippen LogP contribution is 2.24. The topological polar surface area (TPSA) is 42.1 Å². The van der Waals surface area contributed by atoms with Gasteiger partial charge in [-0.25, -0.2) is 4.98 Å². The fourth-order valence-electron chi connectivity index (χ4n) is 2.32. The highest BCUT2D eigenvalue weighted by atomic mass is 32.1. The van der Waals surface area contributed by atoms with Gasteiger partial charge in [0.2, 0.25) is 0 Å². The molecule has 0 amide bonds. The van der Waals surface area contributed by atoms with Crippen molar-refractivity contribution in [1.82, 2.24) is 9.88 Å². The second kappa shape index (κ2) is 5.86. The van der Waals surface area contributed by atoms with Crippen LogP contribution in [0.2, 0.25) is 0 Å². The fraction of sp³-hybridized carbons (Fsp3) is 0.357. The van der Waals surface area contributed by atoms with Crippen molar-refractivity contribution >= 4 is 33.9 Å². The molecular weight excluding hydrogens is 274 g/mol. The van der Waals surface area contributed by atoms with Gasteiger partial charge in [-0.15, -0.1) is 22.7 Å². The summed E-state index contributed by atoms with van der Waals surface area (Å²) in [5.74, 6) is 0. The van der Waals surface area contributed by atoms with Gasteiger partial charge in [0.15, 0.2) is 5.13 Å². The summed E-state index contributed by atoms with van der Waals surface area (Å²) in [6.45, 7) is 3.19. The zero-order chi connectivity index (χ0) is 13.1. The Morgan fingerprint density at radius 1 is 1.37 bits per heavy atom. The van der Waals surface area contributed by atoms with Gasteiger partial charge in [-0.1, -0.05) is 12.1 Å². The van der Waals surface area contributed by atoms with E-state index in [0.29, 0.717) is 0 Å². The Kier molecular flexibility index (Phi) is 3.96. The van der Waals surface area contributed by atoms with Gasteiger partial charge in [0.05, 0.1) is 5.69 Å². The van der Waals surface area contributed by atoms with Crippen LogP contribution in [0.25, 0.3) is 6.08 Å². The molecule has 1 aliphatic rings. The van der Waals surface area contributed by atoms with Crippen LogP contribution in [-0.4, -0.2) is 29.5 Å². The molecule has 0 unspecified atom stereocenters. The third kappa shape index (κ3) is 3.23. The summed E-state index contributed by atoms with van der Waals surface area (Å²) < 4.78 is 0. The Bertz CT molecular complexity index is 532. The molecule has 5 heteroatoms. The number of nitrogen functional groups attached to an aromatic ring is 1. The van der Waals surface area contributed by atoms with Crippen LogP contribution in [0.5, 0.6) is 0 Å². The quantitative estimate of drug-likeness (QED) is 0.945. The second-order valence-corrected chi connectivity index (χ2v) is 6.73. The predicted molar refractivity (Wildman–Crippen MR) is 83.7 cm³/mol. The van der Waals surface area contributed by atoms with E-state index in [1.54, 1.807) is 22.7 Å². The Hall–Kier alpha value is -1.17. The molecule has 0 aromatic carbocycles. The van der Waals surface area contributed by atoms with E-state index in [-0.39, 0.29) is 0 Å². The summed E-state index contributed by atoms with van der Waals surface area (Å²) >= 11 is 3.43. The van der Waals surface area contributed by atoms with E-state index >= 15 is 0 Å². The molecule has 0 atom stereocenters. The molecule has 0 saturated heterocycles. The summed E-state index contributed by atoms with van der Waals surface area (Å²) in [5, 5.41) is 2.83. The molecule has 0 fully saturated rings. The zero-order valence-electron chi connectivity index (χ0n) is 10.7. The molecule has 100 valence electrons. The third-order valence-electron chi connectivity index (χ3n) is 3.30. The number of nitrogens with two attached hydrogens (primary N) is 1. The van der Waals surface area contributed by atoms with Gasteiger partial charge in [-0.2, -0.15) is 0 Å². The molecule has 0 saturated carbocycles. The Labute approximate surface area is 121 Å². The van der Waals surface area contributed by atoms with E-state index in [4.69, 9.17) is 5.73 Å². The van der Waals surface area contributed by atoms with Crippen molar-refractivity contribution in [2.24, 2.45) is 0 Å². The minimum Gasteiger partial charge on any atom is -0.375 e. The Morgan fingerprint density at radius 2 is 2.26 bits per heavy atom. The van der Waals surface area contributed by atoms with Crippen molar-refractivity contribution in [1.29, 1.82) is 0 Å². The average Bonchev–Trinajstić information content (AvgIpc) is 2.98. The first-order chi connectivity index (χ1) is 9.31. The van der Waals surface area contributed by atoms with E-state index in [0.717, 1.165) is 37.6 Å². The first-order valence-electron chi connectivity index (χ1n) is 6.48. The summed E-state index contributed by atoms with van der Waals surface area (Å²) in [6.07, 6.45) is 6.57. The van der Waals surface area contributed by atoms with E-state index in [2.05, 4.69) is 39.5 Å². The minimum atomic E-state index is 0.719. The molecule has 0 spiro atoms. The highest BCUT2D eigenvalue weighted by Gasteiger charge is 2.16. The molecule has 3 heterocycles. The van der Waals surface area contributed by atoms with Crippen molar-refractivity contribution in [3.63, 3.8) is 0 Å². The standard InChI is InChI=1S/C14H17N3S2/c15-14-16-12-5-8-17(9-6-13(12)19-14)7-1-3-11-4-2-10-18-11/h1-4,10H,5-9H2,(H2,15,16)/b3-1+. The van der Waals surface area contributed by atoms with Crippen molar-refractivity contribution in [3.8, 4) is 0 Å². The lowest BCUT2D eigenvalue weighted by Gasteiger charge is -2.17. The number of anilines is 1.